The molecule has 0 radical (unpaired) electrons. The van der Waals surface area contributed by atoms with Crippen LogP contribution < -0.4 is 0 Å². The normalized spacial score (nSPS) is 26.1. The molecule has 1 aromatic rings. The second kappa shape index (κ2) is 3.70. The number of nitriles is 1. The summed E-state index contributed by atoms with van der Waals surface area (Å²) in [4.78, 5) is 4.11. The Balaban J connectivity index is 2.32. The van der Waals surface area contributed by atoms with E-state index < -0.39 is 5.41 Å². The van der Waals surface area contributed by atoms with Gasteiger partial charge >= 0.3 is 0 Å². The number of hydrogen-bond donors (Lipinski definition) is 1. The summed E-state index contributed by atoms with van der Waals surface area (Å²) in [6, 6.07) is 2.38. The van der Waals surface area contributed by atoms with Gasteiger partial charge < -0.3 is 0 Å². The molecule has 0 aromatic carbocycles. The van der Waals surface area contributed by atoms with Crippen LogP contribution in [0.1, 0.15) is 25.1 Å². The molecule has 2 atom stereocenters. The second-order valence-corrected chi connectivity index (χ2v) is 3.74. The predicted octanol–water partition coefficient (Wildman–Crippen LogP) is 1.93. The first-order chi connectivity index (χ1) is 7.28. The summed E-state index contributed by atoms with van der Waals surface area (Å²) in [6.07, 6.45) is 10.0. The molecule has 0 saturated heterocycles. The first-order valence-corrected chi connectivity index (χ1v) is 4.89. The van der Waals surface area contributed by atoms with Gasteiger partial charge in [0.15, 0.2) is 0 Å². The second-order valence-electron chi connectivity index (χ2n) is 3.74. The van der Waals surface area contributed by atoms with Crippen LogP contribution in [-0.2, 0) is 0 Å². The largest absolute Gasteiger partial charge is 0.263 e. The summed E-state index contributed by atoms with van der Waals surface area (Å²) in [6.45, 7) is 1.99. The van der Waals surface area contributed by atoms with Gasteiger partial charge in [-0.2, -0.15) is 10.4 Å². The van der Waals surface area contributed by atoms with Gasteiger partial charge in [0.2, 0.25) is 0 Å². The van der Waals surface area contributed by atoms with Crippen molar-refractivity contribution in [2.24, 2.45) is 5.41 Å². The zero-order valence-electron chi connectivity index (χ0n) is 8.51. The number of H-pyrrole nitrogens is 1. The maximum atomic E-state index is 9.31. The summed E-state index contributed by atoms with van der Waals surface area (Å²) in [5.41, 5.74) is -0.492. The molecule has 1 aliphatic carbocycles. The number of nitrogens with one attached hydrogen (secondary N) is 1. The van der Waals surface area contributed by atoms with Gasteiger partial charge in [-0.05, 0) is 6.42 Å². The molecule has 1 aromatic heterocycles. The van der Waals surface area contributed by atoms with Crippen molar-refractivity contribution >= 4 is 0 Å². The maximum absolute atomic E-state index is 9.31. The van der Waals surface area contributed by atoms with Gasteiger partial charge in [-0.15, -0.1) is 0 Å². The zero-order valence-corrected chi connectivity index (χ0v) is 8.51. The first-order valence-electron chi connectivity index (χ1n) is 4.89. The quantitative estimate of drug-likeness (QED) is 0.793. The van der Waals surface area contributed by atoms with E-state index in [2.05, 4.69) is 21.3 Å². The smallest absolute Gasteiger partial charge is 0.137 e. The lowest BCUT2D eigenvalue weighted by atomic mass is 9.72. The number of aromatic amines is 1. The summed E-state index contributed by atoms with van der Waals surface area (Å²) in [7, 11) is 0. The molecule has 4 nitrogen and oxygen atoms in total. The van der Waals surface area contributed by atoms with E-state index in [1.807, 2.05) is 31.2 Å². The van der Waals surface area contributed by atoms with E-state index >= 15 is 0 Å². The summed E-state index contributed by atoms with van der Waals surface area (Å²) >= 11 is 0. The maximum Gasteiger partial charge on any atom is 0.137 e. The number of allylic oxidation sites excluding steroid dienone is 4. The highest BCUT2D eigenvalue weighted by atomic mass is 15.2. The van der Waals surface area contributed by atoms with Crippen LogP contribution in [0, 0.1) is 16.7 Å². The monoisotopic (exact) mass is 200 g/mol. The molecule has 2 rings (SSSR count). The van der Waals surface area contributed by atoms with E-state index in [9.17, 15) is 5.26 Å². The molecular formula is C11H12N4. The van der Waals surface area contributed by atoms with Crippen molar-refractivity contribution < 1.29 is 0 Å². The van der Waals surface area contributed by atoms with Gasteiger partial charge in [0.05, 0.1) is 11.5 Å². The zero-order chi connectivity index (χ0) is 10.7. The fourth-order valence-electron chi connectivity index (χ4n) is 1.81. The topological polar surface area (TPSA) is 65.4 Å². The van der Waals surface area contributed by atoms with Gasteiger partial charge in [-0.3, -0.25) is 5.10 Å². The highest BCUT2D eigenvalue weighted by Crippen LogP contribution is 2.40. The molecule has 0 bridgehead atoms. The van der Waals surface area contributed by atoms with Gasteiger partial charge in [0.1, 0.15) is 12.2 Å². The Morgan fingerprint density at radius 2 is 2.47 bits per heavy atom. The van der Waals surface area contributed by atoms with Crippen LogP contribution in [0.3, 0.4) is 0 Å². The van der Waals surface area contributed by atoms with E-state index in [0.29, 0.717) is 0 Å². The average molecular weight is 200 g/mol. The van der Waals surface area contributed by atoms with E-state index in [-0.39, 0.29) is 5.92 Å². The van der Waals surface area contributed by atoms with Crippen LogP contribution in [0.4, 0.5) is 0 Å². The lowest BCUT2D eigenvalue weighted by molar-refractivity contribution is 0.408. The third kappa shape index (κ3) is 1.57. The molecule has 0 aliphatic heterocycles. The molecule has 1 heterocycles. The molecule has 0 spiro atoms. The van der Waals surface area contributed by atoms with E-state index in [4.69, 9.17) is 0 Å². The molecule has 0 amide bonds. The summed E-state index contributed by atoms with van der Waals surface area (Å²) in [5.74, 6) is 0.780. The van der Waals surface area contributed by atoms with Crippen LogP contribution >= 0.6 is 0 Å². The first kappa shape index (κ1) is 9.66. The van der Waals surface area contributed by atoms with Gasteiger partial charge in [-0.25, -0.2) is 4.98 Å². The molecule has 2 unspecified atom stereocenters. The number of nitrogens with zero attached hydrogens (tertiary/aromatic N) is 3. The standard InChI is InChI=1S/C11H12N4/c1-9(10-13-8-14-15-10)11(7-12)5-3-2-4-6-11/h2-5,8-9H,6H2,1H3,(H,13,14,15). The number of aromatic nitrogens is 3. The minimum Gasteiger partial charge on any atom is -0.263 e. The molecule has 0 saturated carbocycles. The summed E-state index contributed by atoms with van der Waals surface area (Å²) < 4.78 is 0. The highest BCUT2D eigenvalue weighted by Gasteiger charge is 2.36. The van der Waals surface area contributed by atoms with Crippen molar-refractivity contribution in [2.75, 3.05) is 0 Å². The highest BCUT2D eigenvalue weighted by molar-refractivity contribution is 5.28. The van der Waals surface area contributed by atoms with Crippen molar-refractivity contribution in [3.05, 3.63) is 36.5 Å². The fraction of sp³-hybridized carbons (Fsp3) is 0.364. The Bertz CT molecular complexity index is 424. The third-order valence-electron chi connectivity index (χ3n) is 2.92. The number of hydrogen-bond acceptors (Lipinski definition) is 3. The van der Waals surface area contributed by atoms with Crippen LogP contribution in [0.5, 0.6) is 0 Å². The number of rotatable bonds is 2. The van der Waals surface area contributed by atoms with E-state index in [1.165, 1.54) is 6.33 Å². The summed E-state index contributed by atoms with van der Waals surface area (Å²) in [5, 5.41) is 16.0. The SMILES string of the molecule is CC(c1ncn[nH]1)C1(C#N)C=CC=CC1. The predicted molar refractivity (Wildman–Crippen MR) is 55.7 cm³/mol. The Morgan fingerprint density at radius 1 is 1.60 bits per heavy atom. The molecule has 15 heavy (non-hydrogen) atoms. The molecule has 76 valence electrons. The Kier molecular flexibility index (Phi) is 2.38. The molecule has 1 N–H and O–H groups in total. The Hall–Kier alpha value is -1.89. The lowest BCUT2D eigenvalue weighted by Crippen LogP contribution is -2.24. The van der Waals surface area contributed by atoms with Crippen LogP contribution in [0.2, 0.25) is 0 Å². The van der Waals surface area contributed by atoms with Gasteiger partial charge in [0, 0.05) is 5.92 Å². The van der Waals surface area contributed by atoms with Crippen LogP contribution in [-0.4, -0.2) is 15.2 Å². The minimum atomic E-state index is -0.492. The van der Waals surface area contributed by atoms with Crippen molar-refractivity contribution in [3.8, 4) is 6.07 Å². The van der Waals surface area contributed by atoms with Crippen molar-refractivity contribution in [2.45, 2.75) is 19.3 Å². The average Bonchev–Trinajstić information content (AvgIpc) is 2.82. The Morgan fingerprint density at radius 3 is 3.00 bits per heavy atom. The van der Waals surface area contributed by atoms with E-state index in [1.54, 1.807) is 0 Å². The fourth-order valence-corrected chi connectivity index (χ4v) is 1.81. The third-order valence-corrected chi connectivity index (χ3v) is 2.92. The lowest BCUT2D eigenvalue weighted by Gasteiger charge is -2.28. The van der Waals surface area contributed by atoms with Crippen molar-refractivity contribution in [1.82, 2.24) is 15.2 Å². The van der Waals surface area contributed by atoms with Crippen LogP contribution in [0.25, 0.3) is 0 Å². The molecule has 4 heteroatoms. The van der Waals surface area contributed by atoms with Crippen molar-refractivity contribution in [1.29, 1.82) is 5.26 Å². The van der Waals surface area contributed by atoms with Crippen molar-refractivity contribution in [3.63, 3.8) is 0 Å². The molecule has 0 fully saturated rings. The van der Waals surface area contributed by atoms with Gasteiger partial charge in [-0.1, -0.05) is 31.2 Å². The molecule has 1 aliphatic rings. The Labute approximate surface area is 88.3 Å². The molecular weight excluding hydrogens is 188 g/mol. The van der Waals surface area contributed by atoms with E-state index in [0.717, 1.165) is 12.2 Å². The van der Waals surface area contributed by atoms with Crippen LogP contribution in [0.15, 0.2) is 30.6 Å². The van der Waals surface area contributed by atoms with Gasteiger partial charge in [0.25, 0.3) is 0 Å². The minimum absolute atomic E-state index is 0.0196.